The van der Waals surface area contributed by atoms with E-state index in [0.29, 0.717) is 24.3 Å². The lowest BCUT2D eigenvalue weighted by Crippen LogP contribution is -2.55. The van der Waals surface area contributed by atoms with Gasteiger partial charge >= 0.3 is 5.97 Å². The first kappa shape index (κ1) is 26.4. The van der Waals surface area contributed by atoms with Crippen LogP contribution in [0.25, 0.3) is 0 Å². The SMILES string of the molecule is CCC(C)C(NC(=O)C(CCSC)NC(=O)CNC(=O)C(N)Cc1cnc[nH]1)C(=O)O. The zero-order valence-corrected chi connectivity index (χ0v) is 18.8. The number of nitrogens with zero attached hydrogens (tertiary/aromatic N) is 1. The molecule has 12 heteroatoms. The average Bonchev–Trinajstić information content (AvgIpc) is 3.25. The fraction of sp³-hybridized carbons (Fsp3) is 0.632. The lowest BCUT2D eigenvalue weighted by atomic mass is 9.99. The molecule has 0 aliphatic heterocycles. The first-order valence-electron chi connectivity index (χ1n) is 10.0. The van der Waals surface area contributed by atoms with Gasteiger partial charge in [0, 0.05) is 18.3 Å². The summed E-state index contributed by atoms with van der Waals surface area (Å²) in [5, 5.41) is 16.9. The van der Waals surface area contributed by atoms with Crippen molar-refractivity contribution in [1.29, 1.82) is 0 Å². The van der Waals surface area contributed by atoms with E-state index < -0.39 is 41.8 Å². The predicted molar refractivity (Wildman–Crippen MR) is 117 cm³/mol. The zero-order valence-electron chi connectivity index (χ0n) is 18.0. The van der Waals surface area contributed by atoms with Crippen molar-refractivity contribution in [1.82, 2.24) is 25.9 Å². The summed E-state index contributed by atoms with van der Waals surface area (Å²) in [5.41, 5.74) is 6.51. The zero-order chi connectivity index (χ0) is 23.4. The highest BCUT2D eigenvalue weighted by molar-refractivity contribution is 7.98. The van der Waals surface area contributed by atoms with E-state index in [4.69, 9.17) is 5.73 Å². The van der Waals surface area contributed by atoms with Crippen LogP contribution < -0.4 is 21.7 Å². The molecule has 3 amide bonds. The summed E-state index contributed by atoms with van der Waals surface area (Å²) in [6.45, 7) is 3.21. The lowest BCUT2D eigenvalue weighted by Gasteiger charge is -2.24. The van der Waals surface area contributed by atoms with Gasteiger partial charge in [0.2, 0.25) is 17.7 Å². The van der Waals surface area contributed by atoms with Crippen molar-refractivity contribution in [3.63, 3.8) is 0 Å². The van der Waals surface area contributed by atoms with Gasteiger partial charge in [0.05, 0.1) is 18.9 Å². The van der Waals surface area contributed by atoms with E-state index in [0.717, 1.165) is 0 Å². The molecule has 0 radical (unpaired) electrons. The predicted octanol–water partition coefficient (Wildman–Crippen LogP) is -0.751. The molecule has 1 aromatic rings. The van der Waals surface area contributed by atoms with E-state index >= 15 is 0 Å². The number of amides is 3. The quantitative estimate of drug-likeness (QED) is 0.211. The van der Waals surface area contributed by atoms with Crippen LogP contribution in [0.4, 0.5) is 0 Å². The summed E-state index contributed by atoms with van der Waals surface area (Å²) in [5.74, 6) is -2.47. The van der Waals surface area contributed by atoms with Crippen molar-refractivity contribution in [2.45, 2.75) is 51.2 Å². The molecular weight excluding hydrogens is 424 g/mol. The molecule has 174 valence electrons. The Balaban J connectivity index is 2.62. The number of aliphatic carboxylic acids is 1. The minimum absolute atomic E-state index is 0.235. The van der Waals surface area contributed by atoms with Crippen molar-refractivity contribution in [3.8, 4) is 0 Å². The summed E-state index contributed by atoms with van der Waals surface area (Å²) in [6, 6.07) is -2.83. The molecule has 0 aliphatic carbocycles. The summed E-state index contributed by atoms with van der Waals surface area (Å²) < 4.78 is 0. The molecule has 11 nitrogen and oxygen atoms in total. The van der Waals surface area contributed by atoms with Crippen LogP contribution in [-0.4, -0.2) is 75.4 Å². The van der Waals surface area contributed by atoms with Crippen molar-refractivity contribution < 1.29 is 24.3 Å². The molecule has 0 fully saturated rings. The Hall–Kier alpha value is -2.60. The Morgan fingerprint density at radius 2 is 1.97 bits per heavy atom. The van der Waals surface area contributed by atoms with Crippen LogP contribution in [-0.2, 0) is 25.6 Å². The van der Waals surface area contributed by atoms with Gasteiger partial charge in [-0.3, -0.25) is 14.4 Å². The van der Waals surface area contributed by atoms with Crippen molar-refractivity contribution >= 4 is 35.5 Å². The first-order chi connectivity index (χ1) is 14.7. The Morgan fingerprint density at radius 3 is 2.52 bits per heavy atom. The number of hydrogen-bond donors (Lipinski definition) is 6. The number of carboxylic acids is 1. The maximum Gasteiger partial charge on any atom is 0.326 e. The molecule has 0 aromatic carbocycles. The molecule has 31 heavy (non-hydrogen) atoms. The van der Waals surface area contributed by atoms with Gasteiger partial charge in [0.1, 0.15) is 12.1 Å². The normalized spacial score (nSPS) is 14.7. The third kappa shape index (κ3) is 9.39. The first-order valence-corrected chi connectivity index (χ1v) is 11.4. The van der Waals surface area contributed by atoms with Crippen molar-refractivity contribution in [3.05, 3.63) is 18.2 Å². The standard InChI is InChI=1S/C19H32N6O5S/c1-4-11(2)16(19(29)30)25-18(28)14(5-6-31-3)24-15(26)9-22-17(27)13(20)7-12-8-21-10-23-12/h8,10-11,13-14,16H,4-7,9,20H2,1-3H3,(H,21,23)(H,22,27)(H,24,26)(H,25,28)(H,29,30). The molecule has 1 rings (SSSR count). The van der Waals surface area contributed by atoms with Gasteiger partial charge in [-0.05, 0) is 24.3 Å². The highest BCUT2D eigenvalue weighted by Gasteiger charge is 2.29. The van der Waals surface area contributed by atoms with Crippen LogP contribution in [0.5, 0.6) is 0 Å². The third-order valence-electron chi connectivity index (χ3n) is 4.79. The highest BCUT2D eigenvalue weighted by Crippen LogP contribution is 2.09. The van der Waals surface area contributed by atoms with Crippen LogP contribution in [0, 0.1) is 5.92 Å². The molecular formula is C19H32N6O5S. The summed E-state index contributed by atoms with van der Waals surface area (Å²) in [4.78, 5) is 55.2. The Bertz CT molecular complexity index is 729. The summed E-state index contributed by atoms with van der Waals surface area (Å²) in [6.07, 6.45) is 6.01. The lowest BCUT2D eigenvalue weighted by molar-refractivity contribution is -0.143. The van der Waals surface area contributed by atoms with E-state index in [2.05, 4.69) is 25.9 Å². The Morgan fingerprint density at radius 1 is 1.26 bits per heavy atom. The summed E-state index contributed by atoms with van der Waals surface area (Å²) in [7, 11) is 0. The fourth-order valence-electron chi connectivity index (χ4n) is 2.71. The topological polar surface area (TPSA) is 179 Å². The average molecular weight is 457 g/mol. The number of nitrogens with two attached hydrogens (primary N) is 1. The van der Waals surface area contributed by atoms with Crippen LogP contribution in [0.3, 0.4) is 0 Å². The second kappa shape index (κ2) is 13.7. The Kier molecular flexibility index (Phi) is 11.6. The smallest absolute Gasteiger partial charge is 0.326 e. The van der Waals surface area contributed by atoms with Crippen molar-refractivity contribution in [2.75, 3.05) is 18.6 Å². The minimum Gasteiger partial charge on any atom is -0.480 e. The van der Waals surface area contributed by atoms with Gasteiger partial charge in [0.15, 0.2) is 0 Å². The van der Waals surface area contributed by atoms with E-state index in [1.807, 2.05) is 13.2 Å². The van der Waals surface area contributed by atoms with Gasteiger partial charge in [-0.2, -0.15) is 11.8 Å². The molecule has 0 saturated carbocycles. The molecule has 1 aromatic heterocycles. The van der Waals surface area contributed by atoms with Gasteiger partial charge in [-0.1, -0.05) is 20.3 Å². The van der Waals surface area contributed by atoms with Crippen LogP contribution in [0.1, 0.15) is 32.4 Å². The van der Waals surface area contributed by atoms with E-state index in [1.54, 1.807) is 13.1 Å². The van der Waals surface area contributed by atoms with E-state index in [-0.39, 0.29) is 18.9 Å². The fourth-order valence-corrected chi connectivity index (χ4v) is 3.18. The highest BCUT2D eigenvalue weighted by atomic mass is 32.2. The molecule has 0 saturated heterocycles. The van der Waals surface area contributed by atoms with E-state index in [9.17, 15) is 24.3 Å². The molecule has 0 bridgehead atoms. The maximum atomic E-state index is 12.6. The molecule has 7 N–H and O–H groups in total. The number of carbonyl (C=O) groups excluding carboxylic acids is 3. The molecule has 0 spiro atoms. The number of carbonyl (C=O) groups is 4. The molecule has 4 unspecified atom stereocenters. The molecule has 4 atom stereocenters. The second-order valence-corrected chi connectivity index (χ2v) is 8.20. The number of aromatic amines is 1. The third-order valence-corrected chi connectivity index (χ3v) is 5.44. The number of thioether (sulfide) groups is 1. The molecule has 0 aliphatic rings. The van der Waals surface area contributed by atoms with Crippen LogP contribution in [0.2, 0.25) is 0 Å². The van der Waals surface area contributed by atoms with Gasteiger partial charge in [-0.15, -0.1) is 0 Å². The number of carboxylic acid groups (broad SMARTS) is 1. The number of imidazole rings is 1. The monoisotopic (exact) mass is 456 g/mol. The van der Waals surface area contributed by atoms with Crippen molar-refractivity contribution in [2.24, 2.45) is 11.7 Å². The van der Waals surface area contributed by atoms with E-state index in [1.165, 1.54) is 18.1 Å². The summed E-state index contributed by atoms with van der Waals surface area (Å²) >= 11 is 1.49. The largest absolute Gasteiger partial charge is 0.480 e. The van der Waals surface area contributed by atoms with Crippen LogP contribution >= 0.6 is 11.8 Å². The van der Waals surface area contributed by atoms with Crippen LogP contribution in [0.15, 0.2) is 12.5 Å². The number of aromatic nitrogens is 2. The number of hydrogen-bond acceptors (Lipinski definition) is 7. The van der Waals surface area contributed by atoms with Gasteiger partial charge < -0.3 is 31.8 Å². The number of H-pyrrole nitrogens is 1. The number of nitrogens with one attached hydrogen (secondary N) is 4. The van der Waals surface area contributed by atoms with Gasteiger partial charge in [-0.25, -0.2) is 9.78 Å². The van der Waals surface area contributed by atoms with Gasteiger partial charge in [0.25, 0.3) is 0 Å². The maximum absolute atomic E-state index is 12.6. The second-order valence-electron chi connectivity index (χ2n) is 7.22. The molecule has 1 heterocycles. The Labute approximate surface area is 185 Å². The number of rotatable bonds is 14. The minimum atomic E-state index is -1.13.